The molecule has 0 aliphatic heterocycles. The monoisotopic (exact) mass is 778 g/mol. The van der Waals surface area contributed by atoms with Gasteiger partial charge in [-0.15, -0.1) is 0 Å². The van der Waals surface area contributed by atoms with Crippen molar-refractivity contribution in [1.29, 1.82) is 0 Å². The molecular weight excluding hydrogens is 675 g/mol. The molecule has 0 spiro atoms. The Morgan fingerprint density at radius 3 is 1.22 bits per heavy atom. The maximum Gasteiger partial charge on any atom is 0.225 e. The number of carbonyl (C=O) groups excluding carboxylic acids is 1. The third-order valence-corrected chi connectivity index (χ3v) is 13.0. The lowest BCUT2D eigenvalue weighted by Crippen LogP contribution is -2.45. The zero-order valence-corrected chi connectivity index (χ0v) is 39.8. The van der Waals surface area contributed by atoms with Gasteiger partial charge in [0.25, 0.3) is 0 Å². The molecule has 330 valence electrons. The summed E-state index contributed by atoms with van der Waals surface area (Å²) in [5, 5.41) is 3.62. The van der Waals surface area contributed by atoms with Crippen LogP contribution in [0.2, 0.25) is 0 Å². The average molecular weight is 778 g/mol. The first kappa shape index (κ1) is 54.4. The topological polar surface area (TPSA) is 47.6 Å². The minimum Gasteiger partial charge on any atom is -0.379 e. The van der Waals surface area contributed by atoms with Gasteiger partial charge < -0.3 is 14.8 Å². The van der Waals surface area contributed by atoms with Gasteiger partial charge in [-0.25, -0.2) is 0 Å². The Labute approximate surface area is 347 Å². The second kappa shape index (κ2) is 33.2. The van der Waals surface area contributed by atoms with E-state index in [1.165, 1.54) is 167 Å². The fourth-order valence-corrected chi connectivity index (χ4v) is 8.45. The Balaban J connectivity index is 4.88. The standard InChI is InChI=1S/C51H103NO3/c1-12-15-17-19-21-23-25-27-29-31-33-35-37-39-46(40-38-36-34-32-30-28-26-24-22-20-18-16-13-2)52-47(53)49(6,7)45-48(4,5)41-42-51(10,14-3)55-44-43-50(8,9)54-11/h46H,12-45H2,1-11H3,(H,52,53). The predicted octanol–water partition coefficient (Wildman–Crippen LogP) is 16.7. The van der Waals surface area contributed by atoms with Crippen LogP contribution < -0.4 is 5.32 Å². The first-order valence-corrected chi connectivity index (χ1v) is 24.7. The molecule has 0 bridgehead atoms. The number of hydrogen-bond acceptors (Lipinski definition) is 3. The fraction of sp³-hybridized carbons (Fsp3) is 0.980. The predicted molar refractivity (Wildman–Crippen MR) is 244 cm³/mol. The van der Waals surface area contributed by atoms with E-state index in [0.717, 1.165) is 44.9 Å². The molecule has 1 N–H and O–H groups in total. The van der Waals surface area contributed by atoms with E-state index in [1.54, 1.807) is 7.11 Å². The van der Waals surface area contributed by atoms with Crippen LogP contribution in [0, 0.1) is 10.8 Å². The number of methoxy groups -OCH3 is 1. The van der Waals surface area contributed by atoms with Gasteiger partial charge in [-0.2, -0.15) is 0 Å². The highest BCUT2D eigenvalue weighted by molar-refractivity contribution is 5.82. The summed E-state index contributed by atoms with van der Waals surface area (Å²) in [6.45, 7) is 23.1. The molecule has 1 amide bonds. The van der Waals surface area contributed by atoms with E-state index in [4.69, 9.17) is 9.47 Å². The molecular formula is C51H103NO3. The van der Waals surface area contributed by atoms with E-state index in [1.807, 2.05) is 0 Å². The number of amides is 1. The number of unbranched alkanes of at least 4 members (excludes halogenated alkanes) is 24. The van der Waals surface area contributed by atoms with Crippen LogP contribution in [0.15, 0.2) is 0 Å². The molecule has 0 saturated heterocycles. The lowest BCUT2D eigenvalue weighted by molar-refractivity contribution is -0.132. The van der Waals surface area contributed by atoms with Crippen LogP contribution >= 0.6 is 0 Å². The van der Waals surface area contributed by atoms with Crippen LogP contribution in [-0.2, 0) is 14.3 Å². The maximum atomic E-state index is 14.0. The fourth-order valence-electron chi connectivity index (χ4n) is 8.45. The van der Waals surface area contributed by atoms with Gasteiger partial charge in [0.05, 0.1) is 17.8 Å². The molecule has 0 heterocycles. The summed E-state index contributed by atoms with van der Waals surface area (Å²) in [4.78, 5) is 14.0. The SMILES string of the molecule is CCCCCCCCCCCCCCCC(CCCCCCCCCCCCCCC)NC(=O)C(C)(C)CC(C)(C)CCC(C)(CC)OCCC(C)(C)OC. The average Bonchev–Trinajstić information content (AvgIpc) is 3.14. The molecule has 0 radical (unpaired) electrons. The minimum absolute atomic E-state index is 0.0477. The molecule has 0 fully saturated rings. The molecule has 0 aliphatic rings. The summed E-state index contributed by atoms with van der Waals surface area (Å²) >= 11 is 0. The number of ether oxygens (including phenoxy) is 2. The summed E-state index contributed by atoms with van der Waals surface area (Å²) in [6.07, 6.45) is 43.0. The van der Waals surface area contributed by atoms with Gasteiger partial charge in [0, 0.05) is 18.6 Å². The van der Waals surface area contributed by atoms with Gasteiger partial charge in [0.15, 0.2) is 0 Å². The Hall–Kier alpha value is -0.610. The van der Waals surface area contributed by atoms with Gasteiger partial charge in [-0.3, -0.25) is 4.79 Å². The van der Waals surface area contributed by atoms with Crippen LogP contribution in [0.1, 0.15) is 281 Å². The molecule has 0 aromatic rings. The quantitative estimate of drug-likeness (QED) is 0.0629. The summed E-state index contributed by atoms with van der Waals surface area (Å²) < 4.78 is 12.1. The van der Waals surface area contributed by atoms with Crippen molar-refractivity contribution in [3.8, 4) is 0 Å². The van der Waals surface area contributed by atoms with Crippen molar-refractivity contribution in [1.82, 2.24) is 5.32 Å². The zero-order valence-electron chi connectivity index (χ0n) is 39.8. The van der Waals surface area contributed by atoms with Crippen molar-refractivity contribution in [2.24, 2.45) is 10.8 Å². The maximum absolute atomic E-state index is 14.0. The van der Waals surface area contributed by atoms with Crippen LogP contribution in [0.5, 0.6) is 0 Å². The number of nitrogens with one attached hydrogen (secondary N) is 1. The Kier molecular flexibility index (Phi) is 32.9. The molecule has 1 atom stereocenters. The molecule has 1 unspecified atom stereocenters. The summed E-state index contributed by atoms with van der Waals surface area (Å²) in [5.74, 6) is 0.256. The van der Waals surface area contributed by atoms with Gasteiger partial charge >= 0.3 is 0 Å². The molecule has 0 aromatic heterocycles. The van der Waals surface area contributed by atoms with Gasteiger partial charge in [0.1, 0.15) is 0 Å². The molecule has 4 nitrogen and oxygen atoms in total. The van der Waals surface area contributed by atoms with Crippen molar-refractivity contribution in [3.05, 3.63) is 0 Å². The summed E-state index contributed by atoms with van der Waals surface area (Å²) in [6, 6.07) is 0.309. The first-order valence-electron chi connectivity index (χ1n) is 24.7. The van der Waals surface area contributed by atoms with Gasteiger partial charge in [-0.1, -0.05) is 215 Å². The largest absolute Gasteiger partial charge is 0.379 e. The molecule has 0 rings (SSSR count). The molecule has 0 aromatic carbocycles. The van der Waals surface area contributed by atoms with Crippen molar-refractivity contribution in [3.63, 3.8) is 0 Å². The van der Waals surface area contributed by atoms with E-state index < -0.39 is 5.41 Å². The van der Waals surface area contributed by atoms with Crippen molar-refractivity contribution in [2.45, 2.75) is 298 Å². The van der Waals surface area contributed by atoms with Crippen molar-refractivity contribution >= 4 is 5.91 Å². The normalized spacial score (nSPS) is 13.8. The third kappa shape index (κ3) is 32.0. The van der Waals surface area contributed by atoms with E-state index in [-0.39, 0.29) is 22.5 Å². The Morgan fingerprint density at radius 1 is 0.509 bits per heavy atom. The second-order valence-electron chi connectivity index (χ2n) is 20.3. The highest BCUT2D eigenvalue weighted by Gasteiger charge is 2.37. The minimum atomic E-state index is -0.403. The van der Waals surface area contributed by atoms with E-state index in [2.05, 4.69) is 74.6 Å². The zero-order chi connectivity index (χ0) is 41.3. The lowest BCUT2D eigenvalue weighted by Gasteiger charge is -2.38. The van der Waals surface area contributed by atoms with E-state index in [9.17, 15) is 4.79 Å². The molecule has 4 heteroatoms. The Morgan fingerprint density at radius 2 is 0.873 bits per heavy atom. The smallest absolute Gasteiger partial charge is 0.225 e. The summed E-state index contributed by atoms with van der Waals surface area (Å²) in [7, 11) is 1.78. The number of hydrogen-bond donors (Lipinski definition) is 1. The molecule has 0 aliphatic carbocycles. The van der Waals surface area contributed by atoms with Gasteiger partial charge in [-0.05, 0) is 71.1 Å². The summed E-state index contributed by atoms with van der Waals surface area (Å²) in [5.41, 5.74) is -0.672. The van der Waals surface area contributed by atoms with Crippen LogP contribution in [0.25, 0.3) is 0 Å². The second-order valence-corrected chi connectivity index (χ2v) is 20.3. The lowest BCUT2D eigenvalue weighted by atomic mass is 9.71. The molecule has 0 saturated carbocycles. The van der Waals surface area contributed by atoms with Crippen LogP contribution in [0.4, 0.5) is 0 Å². The highest BCUT2D eigenvalue weighted by atomic mass is 16.5. The van der Waals surface area contributed by atoms with Gasteiger partial charge in [0.2, 0.25) is 5.91 Å². The van der Waals surface area contributed by atoms with E-state index >= 15 is 0 Å². The third-order valence-electron chi connectivity index (χ3n) is 13.0. The van der Waals surface area contributed by atoms with Crippen LogP contribution in [0.3, 0.4) is 0 Å². The van der Waals surface area contributed by atoms with E-state index in [0.29, 0.717) is 12.6 Å². The van der Waals surface area contributed by atoms with Crippen LogP contribution in [-0.4, -0.2) is 36.9 Å². The number of rotatable bonds is 41. The van der Waals surface area contributed by atoms with Crippen molar-refractivity contribution in [2.75, 3.05) is 13.7 Å². The highest BCUT2D eigenvalue weighted by Crippen LogP contribution is 2.40. The number of carbonyl (C=O) groups is 1. The Bertz CT molecular complexity index is 836. The molecule has 55 heavy (non-hydrogen) atoms. The first-order chi connectivity index (χ1) is 26.2. The van der Waals surface area contributed by atoms with Crippen molar-refractivity contribution < 1.29 is 14.3 Å².